The minimum atomic E-state index is 0.0776. The minimum Gasteiger partial charge on any atom is -0.290 e. The summed E-state index contributed by atoms with van der Waals surface area (Å²) in [5.41, 5.74) is 4.58. The van der Waals surface area contributed by atoms with Crippen molar-refractivity contribution >= 4 is 17.4 Å². The number of fused-ring (bicyclic) bond motifs is 3. The van der Waals surface area contributed by atoms with Crippen molar-refractivity contribution in [2.45, 2.75) is 0 Å². The molecule has 66 valence electrons. The van der Waals surface area contributed by atoms with Crippen molar-refractivity contribution in [1.82, 2.24) is 0 Å². The van der Waals surface area contributed by atoms with Gasteiger partial charge in [0.05, 0.1) is 0 Å². The molecule has 0 saturated carbocycles. The van der Waals surface area contributed by atoms with Crippen molar-refractivity contribution in [1.29, 1.82) is 0 Å². The van der Waals surface area contributed by atoms with Gasteiger partial charge in [-0.2, -0.15) is 0 Å². The van der Waals surface area contributed by atoms with E-state index in [4.69, 9.17) is 0 Å². The van der Waals surface area contributed by atoms with Crippen molar-refractivity contribution in [2.75, 3.05) is 0 Å². The van der Waals surface area contributed by atoms with E-state index in [9.17, 15) is 4.79 Å². The Morgan fingerprint density at radius 1 is 0.929 bits per heavy atom. The highest BCUT2D eigenvalue weighted by molar-refractivity contribution is 6.13. The normalized spacial score (nSPS) is 17.3. The van der Waals surface area contributed by atoms with Crippen molar-refractivity contribution in [3.05, 3.63) is 59.2 Å². The average molecular weight is 180 g/mol. The molecule has 2 aliphatic carbocycles. The molecule has 0 atom stereocenters. The molecular formula is C13H8O. The molecule has 0 unspecified atom stereocenters. The summed E-state index contributed by atoms with van der Waals surface area (Å²) in [5, 5.41) is 0. The first kappa shape index (κ1) is 7.51. The average Bonchev–Trinajstić information content (AvgIpc) is 2.56. The van der Waals surface area contributed by atoms with Gasteiger partial charge in [-0.25, -0.2) is 0 Å². The largest absolute Gasteiger partial charge is 0.290 e. The molecule has 14 heavy (non-hydrogen) atoms. The molecule has 0 N–H and O–H groups in total. The highest BCUT2D eigenvalue weighted by Gasteiger charge is 2.19. The molecule has 0 amide bonds. The van der Waals surface area contributed by atoms with Gasteiger partial charge >= 0.3 is 0 Å². The third-order valence-electron chi connectivity index (χ3n) is 2.59. The van der Waals surface area contributed by atoms with E-state index < -0.39 is 0 Å². The quantitative estimate of drug-likeness (QED) is 0.599. The van der Waals surface area contributed by atoms with E-state index in [-0.39, 0.29) is 5.78 Å². The fourth-order valence-electron chi connectivity index (χ4n) is 1.93. The number of ketones is 1. The van der Waals surface area contributed by atoms with Crippen molar-refractivity contribution in [3.8, 4) is 0 Å². The highest BCUT2D eigenvalue weighted by Crippen LogP contribution is 2.37. The summed E-state index contributed by atoms with van der Waals surface area (Å²) in [7, 11) is 0. The van der Waals surface area contributed by atoms with Crippen LogP contribution in [0.3, 0.4) is 0 Å². The first-order valence-corrected chi connectivity index (χ1v) is 4.60. The Kier molecular flexibility index (Phi) is 1.37. The third kappa shape index (κ3) is 0.925. The Bertz CT molecular complexity index is 516. The van der Waals surface area contributed by atoms with Crippen LogP contribution in [0.2, 0.25) is 0 Å². The molecule has 3 rings (SSSR count). The van der Waals surface area contributed by atoms with Crippen LogP contribution in [0, 0.1) is 0 Å². The Morgan fingerprint density at radius 3 is 2.71 bits per heavy atom. The van der Waals surface area contributed by atoms with Crippen molar-refractivity contribution in [3.63, 3.8) is 0 Å². The van der Waals surface area contributed by atoms with E-state index in [0.717, 1.165) is 11.1 Å². The number of benzene rings is 1. The van der Waals surface area contributed by atoms with Gasteiger partial charge in [0.25, 0.3) is 0 Å². The third-order valence-corrected chi connectivity index (χ3v) is 2.59. The van der Waals surface area contributed by atoms with E-state index in [0.29, 0.717) is 0 Å². The molecule has 0 fully saturated rings. The van der Waals surface area contributed by atoms with Crippen LogP contribution < -0.4 is 0 Å². The van der Waals surface area contributed by atoms with Crippen molar-refractivity contribution < 1.29 is 4.79 Å². The second-order valence-electron chi connectivity index (χ2n) is 3.48. The SMILES string of the molecule is O=C1C=CC2=Cc3ccccc3C2=C1. The summed E-state index contributed by atoms with van der Waals surface area (Å²) in [6.07, 6.45) is 7.32. The molecule has 1 aromatic carbocycles. The van der Waals surface area contributed by atoms with Gasteiger partial charge in [0, 0.05) is 0 Å². The standard InChI is InChI=1S/C13H8O/c14-11-6-5-10-7-9-3-1-2-4-12(9)13(10)8-11/h1-8H. The van der Waals surface area contributed by atoms with Crippen LogP contribution in [0.15, 0.2) is 48.1 Å². The summed E-state index contributed by atoms with van der Waals surface area (Å²) < 4.78 is 0. The second kappa shape index (κ2) is 2.55. The van der Waals surface area contributed by atoms with E-state index in [2.05, 4.69) is 18.2 Å². The second-order valence-corrected chi connectivity index (χ2v) is 3.48. The monoisotopic (exact) mass is 180 g/mol. The topological polar surface area (TPSA) is 17.1 Å². The first-order chi connectivity index (χ1) is 6.84. The van der Waals surface area contributed by atoms with Crippen LogP contribution in [0.4, 0.5) is 0 Å². The van der Waals surface area contributed by atoms with Gasteiger partial charge in [0.15, 0.2) is 5.78 Å². The fraction of sp³-hybridized carbons (Fsp3) is 0. The van der Waals surface area contributed by atoms with Gasteiger partial charge in [-0.3, -0.25) is 4.79 Å². The van der Waals surface area contributed by atoms with E-state index in [1.165, 1.54) is 11.1 Å². The molecule has 0 bridgehead atoms. The van der Waals surface area contributed by atoms with Crippen LogP contribution in [0.5, 0.6) is 0 Å². The number of hydrogen-bond donors (Lipinski definition) is 0. The molecule has 0 aliphatic heterocycles. The van der Waals surface area contributed by atoms with E-state index >= 15 is 0 Å². The zero-order valence-electron chi connectivity index (χ0n) is 7.53. The molecule has 0 radical (unpaired) electrons. The van der Waals surface area contributed by atoms with Crippen LogP contribution >= 0.6 is 0 Å². The number of hydrogen-bond acceptors (Lipinski definition) is 1. The zero-order chi connectivity index (χ0) is 9.54. The molecule has 1 nitrogen and oxygen atoms in total. The molecule has 0 spiro atoms. The van der Waals surface area contributed by atoms with Gasteiger partial charge in [-0.05, 0) is 40.5 Å². The predicted molar refractivity (Wildman–Crippen MR) is 56.5 cm³/mol. The van der Waals surface area contributed by atoms with Gasteiger partial charge in [0.1, 0.15) is 0 Å². The summed E-state index contributed by atoms with van der Waals surface area (Å²) in [6, 6.07) is 8.13. The van der Waals surface area contributed by atoms with Crippen LogP contribution in [-0.2, 0) is 4.79 Å². The maximum absolute atomic E-state index is 11.2. The van der Waals surface area contributed by atoms with Gasteiger partial charge < -0.3 is 0 Å². The van der Waals surface area contributed by atoms with E-state index in [1.807, 2.05) is 18.2 Å². The molecule has 1 heteroatoms. The van der Waals surface area contributed by atoms with Crippen LogP contribution in [-0.4, -0.2) is 5.78 Å². The Hall–Kier alpha value is -1.89. The number of carbonyl (C=O) groups is 1. The molecular weight excluding hydrogens is 172 g/mol. The van der Waals surface area contributed by atoms with Gasteiger partial charge in [0.2, 0.25) is 0 Å². The number of allylic oxidation sites excluding steroid dienone is 5. The van der Waals surface area contributed by atoms with Crippen molar-refractivity contribution in [2.24, 2.45) is 0 Å². The lowest BCUT2D eigenvalue weighted by atomic mass is 9.98. The highest BCUT2D eigenvalue weighted by atomic mass is 16.1. The lowest BCUT2D eigenvalue weighted by Crippen LogP contribution is -1.95. The maximum atomic E-state index is 11.2. The Morgan fingerprint density at radius 2 is 1.79 bits per heavy atom. The lowest BCUT2D eigenvalue weighted by molar-refractivity contribution is -0.110. The fourth-order valence-corrected chi connectivity index (χ4v) is 1.93. The predicted octanol–water partition coefficient (Wildman–Crippen LogP) is 2.61. The molecule has 0 heterocycles. The van der Waals surface area contributed by atoms with E-state index in [1.54, 1.807) is 12.2 Å². The number of carbonyl (C=O) groups excluding carboxylic acids is 1. The summed E-state index contributed by atoms with van der Waals surface area (Å²) in [6.45, 7) is 0. The van der Waals surface area contributed by atoms with Crippen LogP contribution in [0.1, 0.15) is 11.1 Å². The minimum absolute atomic E-state index is 0.0776. The summed E-state index contributed by atoms with van der Waals surface area (Å²) in [4.78, 5) is 11.2. The van der Waals surface area contributed by atoms with Crippen LogP contribution in [0.25, 0.3) is 11.6 Å². The summed E-state index contributed by atoms with van der Waals surface area (Å²) >= 11 is 0. The molecule has 2 aliphatic rings. The summed E-state index contributed by atoms with van der Waals surface area (Å²) in [5.74, 6) is 0.0776. The molecule has 0 saturated heterocycles. The maximum Gasteiger partial charge on any atom is 0.179 e. The van der Waals surface area contributed by atoms with Gasteiger partial charge in [-0.1, -0.05) is 30.3 Å². The lowest BCUT2D eigenvalue weighted by Gasteiger charge is -2.05. The molecule has 1 aromatic rings. The number of rotatable bonds is 0. The smallest absolute Gasteiger partial charge is 0.179 e. The Labute approximate surface area is 82.1 Å². The zero-order valence-corrected chi connectivity index (χ0v) is 7.53. The molecule has 0 aromatic heterocycles. The Balaban J connectivity index is 2.27. The first-order valence-electron chi connectivity index (χ1n) is 4.60. The van der Waals surface area contributed by atoms with Gasteiger partial charge in [-0.15, -0.1) is 0 Å².